The monoisotopic (exact) mass is 361 g/mol. The van der Waals surface area contributed by atoms with Crippen molar-refractivity contribution < 1.29 is 4.39 Å². The van der Waals surface area contributed by atoms with Crippen molar-refractivity contribution in [3.05, 3.63) is 67.9 Å². The van der Waals surface area contributed by atoms with Crippen molar-refractivity contribution in [2.45, 2.75) is 12.5 Å². The van der Waals surface area contributed by atoms with Crippen LogP contribution in [0.25, 0.3) is 0 Å². The average Bonchev–Trinajstić information content (AvgIpc) is 2.37. The Bertz CT molecular complexity index is 604. The van der Waals surface area contributed by atoms with E-state index in [2.05, 4.69) is 15.9 Å². The van der Waals surface area contributed by atoms with Crippen LogP contribution in [-0.4, -0.2) is 0 Å². The first-order valence-corrected chi connectivity index (χ1v) is 7.17. The van der Waals surface area contributed by atoms with Crippen molar-refractivity contribution >= 4 is 39.1 Å². The Hall–Kier alpha value is -0.610. The van der Waals surface area contributed by atoms with Gasteiger partial charge in [0.25, 0.3) is 0 Å². The molecule has 5 heteroatoms. The van der Waals surface area contributed by atoms with E-state index in [1.807, 2.05) is 0 Å². The highest BCUT2D eigenvalue weighted by atomic mass is 79.9. The molecule has 0 aromatic heterocycles. The van der Waals surface area contributed by atoms with E-state index >= 15 is 0 Å². The molecule has 0 aliphatic carbocycles. The summed E-state index contributed by atoms with van der Waals surface area (Å²) in [5, 5.41) is 1.21. The summed E-state index contributed by atoms with van der Waals surface area (Å²) in [6, 6.07) is 9.67. The van der Waals surface area contributed by atoms with Crippen LogP contribution >= 0.6 is 39.1 Å². The first-order valence-electron chi connectivity index (χ1n) is 5.62. The molecule has 0 fully saturated rings. The van der Waals surface area contributed by atoms with Gasteiger partial charge in [0.2, 0.25) is 0 Å². The zero-order chi connectivity index (χ0) is 14.0. The van der Waals surface area contributed by atoms with Gasteiger partial charge in [-0.25, -0.2) is 4.39 Å². The van der Waals surface area contributed by atoms with Gasteiger partial charge in [-0.3, -0.25) is 0 Å². The van der Waals surface area contributed by atoms with Crippen molar-refractivity contribution in [1.29, 1.82) is 0 Å². The van der Waals surface area contributed by atoms with Crippen LogP contribution in [0.2, 0.25) is 10.0 Å². The Morgan fingerprint density at radius 1 is 1.21 bits per heavy atom. The maximum atomic E-state index is 13.5. The molecule has 0 saturated carbocycles. The lowest BCUT2D eigenvalue weighted by Gasteiger charge is -2.15. The predicted octanol–water partition coefficient (Wildman–Crippen LogP) is 5.14. The summed E-state index contributed by atoms with van der Waals surface area (Å²) in [4.78, 5) is 0. The Morgan fingerprint density at radius 2 is 1.95 bits per heavy atom. The van der Waals surface area contributed by atoms with Crippen molar-refractivity contribution in [3.8, 4) is 0 Å². The molecule has 2 aromatic rings. The number of benzene rings is 2. The minimum Gasteiger partial charge on any atom is -0.324 e. The van der Waals surface area contributed by atoms with Gasteiger partial charge in [0.05, 0.1) is 4.47 Å². The highest BCUT2D eigenvalue weighted by Crippen LogP contribution is 2.29. The van der Waals surface area contributed by atoms with Crippen LogP contribution in [0.15, 0.2) is 40.9 Å². The van der Waals surface area contributed by atoms with Gasteiger partial charge >= 0.3 is 0 Å². The minimum absolute atomic E-state index is 0.329. The van der Waals surface area contributed by atoms with Crippen molar-refractivity contribution in [3.63, 3.8) is 0 Å². The van der Waals surface area contributed by atoms with Crippen LogP contribution in [0.3, 0.4) is 0 Å². The van der Waals surface area contributed by atoms with Gasteiger partial charge in [0.1, 0.15) is 5.82 Å². The van der Waals surface area contributed by atoms with Crippen LogP contribution in [0, 0.1) is 5.82 Å². The minimum atomic E-state index is -0.360. The summed E-state index contributed by atoms with van der Waals surface area (Å²) in [6.45, 7) is 0. The number of hydrogen-bond donors (Lipinski definition) is 1. The second-order valence-corrected chi connectivity index (χ2v) is 5.83. The lowest BCUT2D eigenvalue weighted by Crippen LogP contribution is -2.14. The van der Waals surface area contributed by atoms with E-state index in [1.54, 1.807) is 30.3 Å². The quantitative estimate of drug-likeness (QED) is 0.803. The summed E-state index contributed by atoms with van der Waals surface area (Å²) in [7, 11) is 0. The van der Waals surface area contributed by atoms with Crippen LogP contribution < -0.4 is 5.73 Å². The molecular weight excluding hydrogens is 352 g/mol. The summed E-state index contributed by atoms with van der Waals surface area (Å²) in [5.74, 6) is -0.329. The number of nitrogens with two attached hydrogens (primary N) is 1. The highest BCUT2D eigenvalue weighted by Gasteiger charge is 2.15. The zero-order valence-corrected chi connectivity index (χ0v) is 12.9. The molecule has 0 spiro atoms. The summed E-state index contributed by atoms with van der Waals surface area (Å²) in [5.41, 5.74) is 7.67. The fraction of sp³-hybridized carbons (Fsp3) is 0.143. The van der Waals surface area contributed by atoms with E-state index in [0.717, 1.165) is 5.56 Å². The molecule has 0 radical (unpaired) electrons. The first kappa shape index (κ1) is 14.8. The molecule has 19 heavy (non-hydrogen) atoms. The number of hydrogen-bond acceptors (Lipinski definition) is 1. The Morgan fingerprint density at radius 3 is 2.68 bits per heavy atom. The van der Waals surface area contributed by atoms with Crippen molar-refractivity contribution in [1.82, 2.24) is 0 Å². The Kier molecular flexibility index (Phi) is 4.85. The smallest absolute Gasteiger partial charge is 0.137 e. The van der Waals surface area contributed by atoms with Crippen molar-refractivity contribution in [2.75, 3.05) is 0 Å². The fourth-order valence-electron chi connectivity index (χ4n) is 1.85. The van der Waals surface area contributed by atoms with E-state index in [4.69, 9.17) is 28.9 Å². The third kappa shape index (κ3) is 3.48. The van der Waals surface area contributed by atoms with Gasteiger partial charge in [-0.05, 0) is 57.7 Å². The maximum Gasteiger partial charge on any atom is 0.137 e. The third-order valence-electron chi connectivity index (χ3n) is 2.83. The van der Waals surface area contributed by atoms with E-state index in [9.17, 15) is 4.39 Å². The SMILES string of the molecule is NC(Cc1cc(Cl)ccc1Cl)c1cccc(F)c1Br. The Balaban J connectivity index is 2.28. The number of rotatable bonds is 3. The standard InChI is InChI=1S/C14H11BrCl2FN/c15-14-10(2-1-3-12(14)18)13(19)7-8-6-9(16)4-5-11(8)17/h1-6,13H,7,19H2. The molecule has 0 saturated heterocycles. The van der Waals surface area contributed by atoms with E-state index in [1.165, 1.54) is 6.07 Å². The lowest BCUT2D eigenvalue weighted by atomic mass is 9.99. The predicted molar refractivity (Wildman–Crippen MR) is 81.2 cm³/mol. The lowest BCUT2D eigenvalue weighted by molar-refractivity contribution is 0.610. The van der Waals surface area contributed by atoms with Crippen LogP contribution in [-0.2, 0) is 6.42 Å². The molecule has 2 aromatic carbocycles. The van der Waals surface area contributed by atoms with Gasteiger partial charge < -0.3 is 5.73 Å². The molecule has 2 rings (SSSR count). The maximum absolute atomic E-state index is 13.5. The molecule has 0 aliphatic rings. The van der Waals surface area contributed by atoms with Crippen LogP contribution in [0.1, 0.15) is 17.2 Å². The van der Waals surface area contributed by atoms with Gasteiger partial charge in [-0.1, -0.05) is 35.3 Å². The average molecular weight is 363 g/mol. The zero-order valence-electron chi connectivity index (χ0n) is 9.84. The highest BCUT2D eigenvalue weighted by molar-refractivity contribution is 9.10. The number of halogens is 4. The van der Waals surface area contributed by atoms with Gasteiger partial charge in [0.15, 0.2) is 0 Å². The van der Waals surface area contributed by atoms with E-state index < -0.39 is 0 Å². The second kappa shape index (κ2) is 6.23. The van der Waals surface area contributed by atoms with Crippen LogP contribution in [0.4, 0.5) is 4.39 Å². The largest absolute Gasteiger partial charge is 0.324 e. The van der Waals surface area contributed by atoms with E-state index in [-0.39, 0.29) is 11.9 Å². The first-order chi connectivity index (χ1) is 8.99. The molecule has 0 bridgehead atoms. The third-order valence-corrected chi connectivity index (χ3v) is 4.27. The fourth-order valence-corrected chi connectivity index (χ4v) is 2.80. The second-order valence-electron chi connectivity index (χ2n) is 4.19. The van der Waals surface area contributed by atoms with Gasteiger partial charge in [-0.2, -0.15) is 0 Å². The van der Waals surface area contributed by atoms with Crippen molar-refractivity contribution in [2.24, 2.45) is 5.73 Å². The molecular formula is C14H11BrCl2FN. The summed E-state index contributed by atoms with van der Waals surface area (Å²) < 4.78 is 13.9. The molecule has 0 heterocycles. The molecule has 1 unspecified atom stereocenters. The topological polar surface area (TPSA) is 26.0 Å². The van der Waals surface area contributed by atoms with Crippen LogP contribution in [0.5, 0.6) is 0 Å². The molecule has 100 valence electrons. The van der Waals surface area contributed by atoms with Gasteiger partial charge in [0, 0.05) is 16.1 Å². The van der Waals surface area contributed by atoms with E-state index in [0.29, 0.717) is 26.5 Å². The normalized spacial score (nSPS) is 12.5. The van der Waals surface area contributed by atoms with Gasteiger partial charge in [-0.15, -0.1) is 0 Å². The summed E-state index contributed by atoms with van der Waals surface area (Å²) in [6.07, 6.45) is 0.488. The molecule has 1 atom stereocenters. The molecule has 0 aliphatic heterocycles. The molecule has 1 nitrogen and oxygen atoms in total. The molecule has 2 N–H and O–H groups in total. The Labute approximate surface area is 129 Å². The summed E-state index contributed by atoms with van der Waals surface area (Å²) >= 11 is 15.2. The molecule has 0 amide bonds.